The molecule has 0 amide bonds. The molecule has 0 bridgehead atoms. The Kier molecular flexibility index (Phi) is 4.53. The summed E-state index contributed by atoms with van der Waals surface area (Å²) in [5, 5.41) is 8.48. The first-order chi connectivity index (χ1) is 12.2. The van der Waals surface area contributed by atoms with Gasteiger partial charge in [0.25, 0.3) is 0 Å². The number of hydrogen-bond acceptors (Lipinski definition) is 6. The Bertz CT molecular complexity index is 684. The average molecular weight is 340 g/mol. The largest absolute Gasteiger partial charge is 0.489 e. The van der Waals surface area contributed by atoms with Crippen molar-refractivity contribution in [3.8, 4) is 5.75 Å². The van der Waals surface area contributed by atoms with Crippen LogP contribution in [0.25, 0.3) is 0 Å². The quantitative estimate of drug-likeness (QED) is 0.853. The zero-order chi connectivity index (χ0) is 17.1. The van der Waals surface area contributed by atoms with E-state index in [0.717, 1.165) is 56.2 Å². The van der Waals surface area contributed by atoms with E-state index in [9.17, 15) is 0 Å². The summed E-state index contributed by atoms with van der Waals surface area (Å²) >= 11 is 0. The Balaban J connectivity index is 1.29. The minimum Gasteiger partial charge on any atom is -0.489 e. The van der Waals surface area contributed by atoms with E-state index < -0.39 is 0 Å². The number of aromatic nitrogens is 3. The van der Waals surface area contributed by atoms with E-state index in [1.165, 1.54) is 0 Å². The van der Waals surface area contributed by atoms with Crippen molar-refractivity contribution >= 4 is 5.82 Å². The molecule has 2 aliphatic heterocycles. The van der Waals surface area contributed by atoms with Crippen molar-refractivity contribution in [1.29, 1.82) is 0 Å². The predicted molar refractivity (Wildman–Crippen MR) is 94.7 cm³/mol. The number of piperidine rings is 1. The molecule has 4 heterocycles. The van der Waals surface area contributed by atoms with Gasteiger partial charge < -0.3 is 14.4 Å². The normalized spacial score (nSPS) is 22.3. The molecule has 1 atom stereocenters. The summed E-state index contributed by atoms with van der Waals surface area (Å²) in [5.74, 6) is 1.79. The van der Waals surface area contributed by atoms with Crippen LogP contribution in [0.5, 0.6) is 5.75 Å². The van der Waals surface area contributed by atoms with Crippen molar-refractivity contribution in [3.05, 3.63) is 42.4 Å². The third kappa shape index (κ3) is 3.74. The van der Waals surface area contributed by atoms with Crippen molar-refractivity contribution in [2.45, 2.75) is 32.3 Å². The summed E-state index contributed by atoms with van der Waals surface area (Å²) < 4.78 is 11.8. The van der Waals surface area contributed by atoms with Gasteiger partial charge in [-0.2, -0.15) is 5.10 Å². The predicted octanol–water partition coefficient (Wildman–Crippen LogP) is 2.63. The Morgan fingerprint density at radius 3 is 2.84 bits per heavy atom. The van der Waals surface area contributed by atoms with Crippen molar-refractivity contribution in [3.63, 3.8) is 0 Å². The summed E-state index contributed by atoms with van der Waals surface area (Å²) in [7, 11) is 0. The second-order valence-corrected chi connectivity index (χ2v) is 7.16. The highest BCUT2D eigenvalue weighted by molar-refractivity contribution is 5.38. The average Bonchev–Trinajstić information content (AvgIpc) is 3.05. The number of ether oxygens (including phenoxy) is 2. The van der Waals surface area contributed by atoms with E-state index in [1.54, 1.807) is 12.4 Å². The molecule has 0 N–H and O–H groups in total. The Morgan fingerprint density at radius 2 is 2.12 bits per heavy atom. The molecule has 2 aromatic rings. The molecule has 132 valence electrons. The molecule has 0 saturated carbocycles. The number of aryl methyl sites for hydroxylation is 1. The van der Waals surface area contributed by atoms with Gasteiger partial charge >= 0.3 is 0 Å². The molecule has 0 aliphatic carbocycles. The number of nitrogens with zero attached hydrogens (tertiary/aromatic N) is 4. The van der Waals surface area contributed by atoms with Crippen LogP contribution in [0.15, 0.2) is 36.7 Å². The molecule has 1 spiro atoms. The molecule has 6 heteroatoms. The van der Waals surface area contributed by atoms with Crippen molar-refractivity contribution < 1.29 is 9.47 Å². The van der Waals surface area contributed by atoms with Crippen LogP contribution < -0.4 is 9.64 Å². The van der Waals surface area contributed by atoms with Gasteiger partial charge in [-0.15, -0.1) is 5.10 Å². The fourth-order valence-corrected chi connectivity index (χ4v) is 3.74. The summed E-state index contributed by atoms with van der Waals surface area (Å²) in [4.78, 5) is 6.40. The molecule has 2 aromatic heterocycles. The second kappa shape index (κ2) is 6.96. The Labute approximate surface area is 148 Å². The van der Waals surface area contributed by atoms with Crippen molar-refractivity contribution in [1.82, 2.24) is 15.2 Å². The molecule has 25 heavy (non-hydrogen) atoms. The van der Waals surface area contributed by atoms with Crippen LogP contribution >= 0.6 is 0 Å². The summed E-state index contributed by atoms with van der Waals surface area (Å²) in [5.41, 5.74) is 1.25. The number of pyridine rings is 1. The number of anilines is 1. The maximum Gasteiger partial charge on any atom is 0.151 e. The lowest BCUT2D eigenvalue weighted by Crippen LogP contribution is -2.41. The lowest BCUT2D eigenvalue weighted by atomic mass is 9.76. The molecular weight excluding hydrogens is 316 g/mol. The molecule has 2 fully saturated rings. The minimum absolute atomic E-state index is 0.172. The lowest BCUT2D eigenvalue weighted by Gasteiger charge is -2.38. The summed E-state index contributed by atoms with van der Waals surface area (Å²) in [6.45, 7) is 5.42. The maximum absolute atomic E-state index is 6.03. The molecular formula is C19H24N4O2. The minimum atomic E-state index is 0.172. The van der Waals surface area contributed by atoms with Crippen LogP contribution in [0.2, 0.25) is 0 Å². The Morgan fingerprint density at radius 1 is 1.24 bits per heavy atom. The molecule has 2 saturated heterocycles. The monoisotopic (exact) mass is 340 g/mol. The number of hydrogen-bond donors (Lipinski definition) is 0. The highest BCUT2D eigenvalue weighted by atomic mass is 16.5. The van der Waals surface area contributed by atoms with E-state index >= 15 is 0 Å². The molecule has 6 nitrogen and oxygen atoms in total. The standard InChI is InChI=1S/C19H24N4O2/c1-15-4-5-18(22-21-15)23-9-6-19(7-10-23)11-17(25-14-19)13-24-16-3-2-8-20-12-16/h2-5,8,12,17H,6-7,9-11,13-14H2,1H3/t17-/m1/s1. The highest BCUT2D eigenvalue weighted by Gasteiger charge is 2.42. The van der Waals surface area contributed by atoms with E-state index in [2.05, 4.69) is 26.1 Å². The van der Waals surface area contributed by atoms with Crippen LogP contribution in [0.1, 0.15) is 25.0 Å². The van der Waals surface area contributed by atoms with Gasteiger partial charge in [0, 0.05) is 19.3 Å². The first-order valence-corrected chi connectivity index (χ1v) is 8.92. The zero-order valence-corrected chi connectivity index (χ0v) is 14.6. The zero-order valence-electron chi connectivity index (χ0n) is 14.6. The SMILES string of the molecule is Cc1ccc(N2CCC3(CC2)CO[C@@H](COc2cccnc2)C3)nn1. The molecule has 0 radical (unpaired) electrons. The topological polar surface area (TPSA) is 60.4 Å². The van der Waals surface area contributed by atoms with Crippen LogP contribution in [0.4, 0.5) is 5.82 Å². The van der Waals surface area contributed by atoms with E-state index in [0.29, 0.717) is 6.61 Å². The van der Waals surface area contributed by atoms with Crippen LogP contribution in [0.3, 0.4) is 0 Å². The molecule has 2 aliphatic rings. The Hall–Kier alpha value is -2.21. The van der Waals surface area contributed by atoms with Crippen LogP contribution in [-0.4, -0.2) is 47.6 Å². The third-order valence-corrected chi connectivity index (χ3v) is 5.29. The highest BCUT2D eigenvalue weighted by Crippen LogP contribution is 2.42. The smallest absolute Gasteiger partial charge is 0.151 e. The molecule has 4 rings (SSSR count). The maximum atomic E-state index is 6.03. The third-order valence-electron chi connectivity index (χ3n) is 5.29. The van der Waals surface area contributed by atoms with E-state index in [4.69, 9.17) is 9.47 Å². The first kappa shape index (κ1) is 16.3. The van der Waals surface area contributed by atoms with Gasteiger partial charge in [0.1, 0.15) is 12.4 Å². The van der Waals surface area contributed by atoms with Gasteiger partial charge in [-0.1, -0.05) is 0 Å². The van der Waals surface area contributed by atoms with Gasteiger partial charge in [-0.3, -0.25) is 4.98 Å². The van der Waals surface area contributed by atoms with E-state index in [-0.39, 0.29) is 11.5 Å². The molecule has 0 aromatic carbocycles. The second-order valence-electron chi connectivity index (χ2n) is 7.16. The summed E-state index contributed by atoms with van der Waals surface area (Å²) in [6.07, 6.45) is 7.00. The van der Waals surface area contributed by atoms with E-state index in [1.807, 2.05) is 25.1 Å². The van der Waals surface area contributed by atoms with Crippen LogP contribution in [-0.2, 0) is 4.74 Å². The van der Waals surface area contributed by atoms with Crippen molar-refractivity contribution in [2.24, 2.45) is 5.41 Å². The summed E-state index contributed by atoms with van der Waals surface area (Å²) in [6, 6.07) is 7.90. The lowest BCUT2D eigenvalue weighted by molar-refractivity contribution is 0.0577. The van der Waals surface area contributed by atoms with Gasteiger partial charge in [0.15, 0.2) is 5.82 Å². The number of rotatable bonds is 4. The van der Waals surface area contributed by atoms with Gasteiger partial charge in [0.2, 0.25) is 0 Å². The van der Waals surface area contributed by atoms with Crippen molar-refractivity contribution in [2.75, 3.05) is 31.2 Å². The molecule has 0 unspecified atom stereocenters. The first-order valence-electron chi connectivity index (χ1n) is 8.92. The fourth-order valence-electron chi connectivity index (χ4n) is 3.74. The van der Waals surface area contributed by atoms with Gasteiger partial charge in [0.05, 0.1) is 24.6 Å². The van der Waals surface area contributed by atoms with Crippen LogP contribution in [0, 0.1) is 12.3 Å². The van der Waals surface area contributed by atoms with Gasteiger partial charge in [-0.25, -0.2) is 0 Å². The van der Waals surface area contributed by atoms with Gasteiger partial charge in [-0.05, 0) is 55.9 Å². The fraction of sp³-hybridized carbons (Fsp3) is 0.526.